The van der Waals surface area contributed by atoms with Gasteiger partial charge in [-0.1, -0.05) is 50.2 Å². The van der Waals surface area contributed by atoms with Crippen LogP contribution in [-0.4, -0.2) is 26.2 Å². The monoisotopic (exact) mass is 457 g/mol. The van der Waals surface area contributed by atoms with E-state index in [4.69, 9.17) is 0 Å². The Bertz CT molecular complexity index is 1430. The molecule has 4 rings (SSSR count). The van der Waals surface area contributed by atoms with Crippen molar-refractivity contribution in [3.63, 3.8) is 0 Å². The molecule has 34 heavy (non-hydrogen) atoms. The van der Waals surface area contributed by atoms with Gasteiger partial charge in [0.05, 0.1) is 10.9 Å². The van der Waals surface area contributed by atoms with Crippen molar-refractivity contribution in [3.8, 4) is 5.69 Å². The van der Waals surface area contributed by atoms with Crippen LogP contribution < -0.4 is 16.4 Å². The molecule has 0 saturated heterocycles. The summed E-state index contributed by atoms with van der Waals surface area (Å²) in [5.41, 5.74) is 7.82. The van der Waals surface area contributed by atoms with Gasteiger partial charge < -0.3 is 4.57 Å². The highest BCUT2D eigenvalue weighted by atomic mass is 16.2. The molecule has 174 valence electrons. The van der Waals surface area contributed by atoms with Crippen LogP contribution in [0.2, 0.25) is 0 Å². The minimum Gasteiger partial charge on any atom is -0.318 e. The molecule has 0 bridgehead atoms. The lowest BCUT2D eigenvalue weighted by Crippen LogP contribution is -2.43. The Balaban J connectivity index is 1.60. The Hall–Kier alpha value is -4.20. The van der Waals surface area contributed by atoms with Crippen LogP contribution >= 0.6 is 0 Å². The van der Waals surface area contributed by atoms with E-state index in [1.165, 1.54) is 4.68 Å². The largest absolute Gasteiger partial charge is 0.318 e. The van der Waals surface area contributed by atoms with Crippen LogP contribution in [0.5, 0.6) is 0 Å². The van der Waals surface area contributed by atoms with Crippen molar-refractivity contribution in [2.75, 3.05) is 0 Å². The molecule has 0 fully saturated rings. The number of aryl methyl sites for hydroxylation is 1. The summed E-state index contributed by atoms with van der Waals surface area (Å²) in [5, 5.41) is 5.14. The second-order valence-corrected chi connectivity index (χ2v) is 8.64. The Labute approximate surface area is 197 Å². The highest BCUT2D eigenvalue weighted by Gasteiger charge is 2.20. The van der Waals surface area contributed by atoms with Gasteiger partial charge in [0.2, 0.25) is 0 Å². The van der Waals surface area contributed by atoms with Gasteiger partial charge in [-0.05, 0) is 44.0 Å². The number of nitrogens with zero attached hydrogens (tertiary/aromatic N) is 3. The maximum atomic E-state index is 13.0. The molecule has 0 atom stereocenters. The predicted octanol–water partition coefficient (Wildman–Crippen LogP) is 3.53. The first-order valence-electron chi connectivity index (χ1n) is 11.1. The lowest BCUT2D eigenvalue weighted by atomic mass is 10.1. The van der Waals surface area contributed by atoms with E-state index in [1.54, 1.807) is 30.3 Å². The van der Waals surface area contributed by atoms with E-state index in [1.807, 2.05) is 62.6 Å². The minimum absolute atomic E-state index is 0.0749. The van der Waals surface area contributed by atoms with Gasteiger partial charge in [0.15, 0.2) is 5.69 Å². The summed E-state index contributed by atoms with van der Waals surface area (Å²) >= 11 is 0. The molecule has 0 spiro atoms. The fraction of sp³-hybridized carbons (Fsp3) is 0.231. The average Bonchev–Trinajstić information content (AvgIpc) is 3.13. The number of para-hydroxylation sites is 1. The van der Waals surface area contributed by atoms with E-state index >= 15 is 0 Å². The van der Waals surface area contributed by atoms with Crippen molar-refractivity contribution in [1.82, 2.24) is 25.2 Å². The standard InChI is InChI=1S/C26H27N5O3/c1-16(2)15-30-26(34)21-13-9-8-12-20(21)23(29-30)25(33)28-27-24(32)22-14-17(3)31(18(22)4)19-10-6-5-7-11-19/h5-14,16H,15H2,1-4H3,(H,27,32)(H,28,33). The number of rotatable bonds is 5. The number of amides is 2. The van der Waals surface area contributed by atoms with Gasteiger partial charge >= 0.3 is 0 Å². The number of hydrogen-bond acceptors (Lipinski definition) is 4. The summed E-state index contributed by atoms with van der Waals surface area (Å²) in [6, 6.07) is 18.3. The Morgan fingerprint density at radius 3 is 2.21 bits per heavy atom. The number of hydrogen-bond donors (Lipinski definition) is 2. The van der Waals surface area contributed by atoms with E-state index in [9.17, 15) is 14.4 Å². The second kappa shape index (κ2) is 9.35. The fourth-order valence-corrected chi connectivity index (χ4v) is 4.08. The second-order valence-electron chi connectivity index (χ2n) is 8.64. The van der Waals surface area contributed by atoms with E-state index < -0.39 is 11.8 Å². The summed E-state index contributed by atoms with van der Waals surface area (Å²) in [6.07, 6.45) is 0. The Morgan fingerprint density at radius 2 is 1.53 bits per heavy atom. The molecule has 8 nitrogen and oxygen atoms in total. The van der Waals surface area contributed by atoms with Crippen molar-refractivity contribution < 1.29 is 9.59 Å². The Kier molecular flexibility index (Phi) is 6.32. The topological polar surface area (TPSA) is 98.0 Å². The van der Waals surface area contributed by atoms with Gasteiger partial charge in [0, 0.05) is 29.0 Å². The zero-order valence-electron chi connectivity index (χ0n) is 19.6. The van der Waals surface area contributed by atoms with Crippen molar-refractivity contribution in [3.05, 3.63) is 93.7 Å². The lowest BCUT2D eigenvalue weighted by Gasteiger charge is -2.13. The van der Waals surface area contributed by atoms with Gasteiger partial charge in [-0.3, -0.25) is 25.2 Å². The molecular formula is C26H27N5O3. The highest BCUT2D eigenvalue weighted by Crippen LogP contribution is 2.20. The van der Waals surface area contributed by atoms with Gasteiger partial charge in [-0.2, -0.15) is 5.10 Å². The first-order chi connectivity index (χ1) is 16.3. The fourth-order valence-electron chi connectivity index (χ4n) is 4.08. The van der Waals surface area contributed by atoms with Gasteiger partial charge in [0.1, 0.15) is 0 Å². The number of hydrazine groups is 1. The van der Waals surface area contributed by atoms with Crippen LogP contribution in [0, 0.1) is 19.8 Å². The number of benzene rings is 2. The molecule has 2 aromatic carbocycles. The van der Waals surface area contributed by atoms with Crippen LogP contribution in [0.25, 0.3) is 16.5 Å². The third kappa shape index (κ3) is 4.34. The van der Waals surface area contributed by atoms with Crippen molar-refractivity contribution in [2.45, 2.75) is 34.2 Å². The quantitative estimate of drug-likeness (QED) is 0.448. The molecule has 0 aliphatic rings. The van der Waals surface area contributed by atoms with E-state index in [-0.39, 0.29) is 17.2 Å². The summed E-state index contributed by atoms with van der Waals surface area (Å²) in [4.78, 5) is 38.7. The SMILES string of the molecule is Cc1cc(C(=O)NNC(=O)c2nn(CC(C)C)c(=O)c3ccccc23)c(C)n1-c1ccccc1. The maximum Gasteiger partial charge on any atom is 0.290 e. The average molecular weight is 458 g/mol. The van der Waals surface area contributed by atoms with E-state index in [0.717, 1.165) is 17.1 Å². The van der Waals surface area contributed by atoms with Crippen LogP contribution in [0.4, 0.5) is 0 Å². The molecule has 2 heterocycles. The van der Waals surface area contributed by atoms with E-state index in [0.29, 0.717) is 22.9 Å². The number of fused-ring (bicyclic) bond motifs is 1. The first kappa shape index (κ1) is 23.0. The molecule has 0 radical (unpaired) electrons. The summed E-state index contributed by atoms with van der Waals surface area (Å²) in [7, 11) is 0. The molecule has 0 aliphatic carbocycles. The first-order valence-corrected chi connectivity index (χ1v) is 11.1. The van der Waals surface area contributed by atoms with Crippen molar-refractivity contribution in [1.29, 1.82) is 0 Å². The molecule has 2 aromatic heterocycles. The van der Waals surface area contributed by atoms with E-state index in [2.05, 4.69) is 16.0 Å². The summed E-state index contributed by atoms with van der Waals surface area (Å²) in [5.74, 6) is -0.871. The van der Waals surface area contributed by atoms with Crippen LogP contribution in [0.3, 0.4) is 0 Å². The van der Waals surface area contributed by atoms with Crippen molar-refractivity contribution in [2.24, 2.45) is 5.92 Å². The minimum atomic E-state index is -0.598. The summed E-state index contributed by atoms with van der Waals surface area (Å²) in [6.45, 7) is 8.09. The van der Waals surface area contributed by atoms with Crippen LogP contribution in [0.1, 0.15) is 46.1 Å². The molecule has 0 unspecified atom stereocenters. The van der Waals surface area contributed by atoms with Gasteiger partial charge in [-0.25, -0.2) is 4.68 Å². The predicted molar refractivity (Wildman–Crippen MR) is 131 cm³/mol. The zero-order valence-corrected chi connectivity index (χ0v) is 19.6. The highest BCUT2D eigenvalue weighted by molar-refractivity contribution is 6.06. The molecule has 0 aliphatic heterocycles. The maximum absolute atomic E-state index is 13.0. The lowest BCUT2D eigenvalue weighted by molar-refractivity contribution is 0.0843. The smallest absolute Gasteiger partial charge is 0.290 e. The van der Waals surface area contributed by atoms with Crippen molar-refractivity contribution >= 4 is 22.6 Å². The molecule has 8 heteroatoms. The third-order valence-electron chi connectivity index (χ3n) is 5.60. The zero-order chi connectivity index (χ0) is 24.4. The number of nitrogens with one attached hydrogen (secondary N) is 2. The molecule has 0 saturated carbocycles. The Morgan fingerprint density at radius 1 is 0.912 bits per heavy atom. The molecule has 2 amide bonds. The van der Waals surface area contributed by atoms with Gasteiger partial charge in [0.25, 0.3) is 17.4 Å². The normalized spacial score (nSPS) is 11.1. The number of carbonyl (C=O) groups is 2. The molecular weight excluding hydrogens is 430 g/mol. The van der Waals surface area contributed by atoms with Crippen LogP contribution in [0.15, 0.2) is 65.5 Å². The molecule has 4 aromatic rings. The molecule has 2 N–H and O–H groups in total. The van der Waals surface area contributed by atoms with Crippen LogP contribution in [-0.2, 0) is 6.54 Å². The number of aromatic nitrogens is 3. The summed E-state index contributed by atoms with van der Waals surface area (Å²) < 4.78 is 3.28. The number of carbonyl (C=O) groups excluding carboxylic acids is 2. The van der Waals surface area contributed by atoms with Gasteiger partial charge in [-0.15, -0.1) is 0 Å². The third-order valence-corrected chi connectivity index (χ3v) is 5.60.